The van der Waals surface area contributed by atoms with Crippen LogP contribution in [0.25, 0.3) is 0 Å². The number of carbonyl (C=O) groups excluding carboxylic acids is 1. The van der Waals surface area contributed by atoms with Crippen LogP contribution >= 0.6 is 11.6 Å². The molecule has 21 heavy (non-hydrogen) atoms. The van der Waals surface area contributed by atoms with Crippen molar-refractivity contribution in [3.05, 3.63) is 28.8 Å². The molecular formula is C12H15ClN2O5S. The first-order chi connectivity index (χ1) is 9.77. The lowest BCUT2D eigenvalue weighted by Gasteiger charge is -2.08. The van der Waals surface area contributed by atoms with Crippen molar-refractivity contribution in [2.45, 2.75) is 18.2 Å². The summed E-state index contributed by atoms with van der Waals surface area (Å²) in [4.78, 5) is 22.0. The lowest BCUT2D eigenvalue weighted by atomic mass is 10.2. The van der Waals surface area contributed by atoms with Gasteiger partial charge in [0.1, 0.15) is 0 Å². The molecule has 0 aliphatic heterocycles. The molecule has 0 unspecified atom stereocenters. The number of benzene rings is 1. The number of rotatable bonds is 7. The van der Waals surface area contributed by atoms with Crippen LogP contribution in [0.1, 0.15) is 23.7 Å². The zero-order valence-electron chi connectivity index (χ0n) is 11.2. The highest BCUT2D eigenvalue weighted by atomic mass is 35.5. The molecule has 1 rings (SSSR count). The summed E-state index contributed by atoms with van der Waals surface area (Å²) in [5, 5.41) is 11.4. The van der Waals surface area contributed by atoms with Crippen molar-refractivity contribution >= 4 is 33.5 Å². The number of nitrogens with one attached hydrogen (secondary N) is 2. The molecule has 0 saturated heterocycles. The molecule has 1 aromatic rings. The van der Waals surface area contributed by atoms with Gasteiger partial charge in [-0.3, -0.25) is 4.79 Å². The molecular weight excluding hydrogens is 320 g/mol. The van der Waals surface area contributed by atoms with E-state index in [0.29, 0.717) is 6.54 Å². The Morgan fingerprint density at radius 1 is 1.33 bits per heavy atom. The summed E-state index contributed by atoms with van der Waals surface area (Å²) in [6.07, 6.45) is 0.734. The second-order valence-corrected chi connectivity index (χ2v) is 6.30. The van der Waals surface area contributed by atoms with E-state index in [9.17, 15) is 18.0 Å². The van der Waals surface area contributed by atoms with Gasteiger partial charge in [-0.2, -0.15) is 0 Å². The minimum absolute atomic E-state index is 0.0675. The molecule has 9 heteroatoms. The minimum atomic E-state index is -3.99. The molecule has 0 saturated carbocycles. The molecule has 7 nitrogen and oxygen atoms in total. The van der Waals surface area contributed by atoms with Crippen LogP contribution in [0.2, 0.25) is 5.02 Å². The van der Waals surface area contributed by atoms with Crippen LogP contribution < -0.4 is 10.0 Å². The number of hydrogen-bond acceptors (Lipinski definition) is 4. The van der Waals surface area contributed by atoms with Crippen molar-refractivity contribution < 1.29 is 23.1 Å². The molecule has 0 atom stereocenters. The molecule has 1 aromatic carbocycles. The Morgan fingerprint density at radius 3 is 2.57 bits per heavy atom. The van der Waals surface area contributed by atoms with Crippen molar-refractivity contribution in [3.63, 3.8) is 0 Å². The summed E-state index contributed by atoms with van der Waals surface area (Å²) in [5.74, 6) is -1.80. The SMILES string of the molecule is CCCNC(=O)CNS(=O)(=O)c1ccc(Cl)c(C(=O)O)c1. The molecule has 0 aliphatic carbocycles. The third-order valence-electron chi connectivity index (χ3n) is 2.47. The van der Waals surface area contributed by atoms with Gasteiger partial charge in [0.25, 0.3) is 0 Å². The summed E-state index contributed by atoms with van der Waals surface area (Å²) in [6, 6.07) is 3.29. The summed E-state index contributed by atoms with van der Waals surface area (Å²) >= 11 is 5.67. The maximum absolute atomic E-state index is 12.0. The van der Waals surface area contributed by atoms with Crippen molar-refractivity contribution in [1.82, 2.24) is 10.0 Å². The van der Waals surface area contributed by atoms with Gasteiger partial charge in [-0.15, -0.1) is 0 Å². The van der Waals surface area contributed by atoms with Gasteiger partial charge >= 0.3 is 5.97 Å². The van der Waals surface area contributed by atoms with E-state index in [0.717, 1.165) is 12.5 Å². The van der Waals surface area contributed by atoms with Gasteiger partial charge in [-0.05, 0) is 24.6 Å². The monoisotopic (exact) mass is 334 g/mol. The fourth-order valence-electron chi connectivity index (χ4n) is 1.41. The van der Waals surface area contributed by atoms with E-state index in [4.69, 9.17) is 16.7 Å². The van der Waals surface area contributed by atoms with Gasteiger partial charge in [-0.1, -0.05) is 18.5 Å². The van der Waals surface area contributed by atoms with Gasteiger partial charge in [0.2, 0.25) is 15.9 Å². The maximum Gasteiger partial charge on any atom is 0.337 e. The summed E-state index contributed by atoms with van der Waals surface area (Å²) < 4.78 is 26.0. The maximum atomic E-state index is 12.0. The highest BCUT2D eigenvalue weighted by molar-refractivity contribution is 7.89. The van der Waals surface area contributed by atoms with E-state index in [2.05, 4.69) is 10.0 Å². The van der Waals surface area contributed by atoms with E-state index < -0.39 is 28.4 Å². The fraction of sp³-hybridized carbons (Fsp3) is 0.333. The molecule has 0 fully saturated rings. The first-order valence-corrected chi connectivity index (χ1v) is 7.93. The Balaban J connectivity index is 2.86. The van der Waals surface area contributed by atoms with E-state index >= 15 is 0 Å². The van der Waals surface area contributed by atoms with E-state index in [1.807, 2.05) is 6.92 Å². The largest absolute Gasteiger partial charge is 0.478 e. The first-order valence-electron chi connectivity index (χ1n) is 6.07. The Morgan fingerprint density at radius 2 is 2.00 bits per heavy atom. The Bertz CT molecular complexity index is 645. The van der Waals surface area contributed by atoms with Gasteiger partial charge < -0.3 is 10.4 Å². The number of carboxylic acid groups (broad SMARTS) is 1. The molecule has 0 aliphatic rings. The molecule has 0 heterocycles. The van der Waals surface area contributed by atoms with Crippen molar-refractivity contribution in [1.29, 1.82) is 0 Å². The van der Waals surface area contributed by atoms with Crippen molar-refractivity contribution in [2.75, 3.05) is 13.1 Å². The number of amides is 1. The second-order valence-electron chi connectivity index (χ2n) is 4.12. The third-order valence-corrected chi connectivity index (χ3v) is 4.20. The van der Waals surface area contributed by atoms with Crippen LogP contribution in [-0.2, 0) is 14.8 Å². The van der Waals surface area contributed by atoms with E-state index in [-0.39, 0.29) is 15.5 Å². The van der Waals surface area contributed by atoms with Crippen LogP contribution in [-0.4, -0.2) is 38.5 Å². The molecule has 0 spiro atoms. The van der Waals surface area contributed by atoms with Crippen LogP contribution in [0.5, 0.6) is 0 Å². The smallest absolute Gasteiger partial charge is 0.337 e. The lowest BCUT2D eigenvalue weighted by Crippen LogP contribution is -2.37. The van der Waals surface area contributed by atoms with Gasteiger partial charge in [0.15, 0.2) is 0 Å². The molecule has 1 amide bonds. The van der Waals surface area contributed by atoms with Crippen LogP contribution in [0.15, 0.2) is 23.1 Å². The number of carboxylic acids is 1. The Kier molecular flexibility index (Phi) is 6.13. The molecule has 116 valence electrons. The summed E-state index contributed by atoms with van der Waals surface area (Å²) in [6.45, 7) is 1.89. The summed E-state index contributed by atoms with van der Waals surface area (Å²) in [7, 11) is -3.99. The molecule has 0 bridgehead atoms. The normalized spacial score (nSPS) is 11.1. The predicted octanol–water partition coefficient (Wildman–Crippen LogP) is 0.843. The van der Waals surface area contributed by atoms with Crippen LogP contribution in [0.4, 0.5) is 0 Å². The Hall–Kier alpha value is -1.64. The van der Waals surface area contributed by atoms with Crippen LogP contribution in [0, 0.1) is 0 Å². The Labute approximate surface area is 127 Å². The standard InChI is InChI=1S/C12H15ClN2O5S/c1-2-5-14-11(16)7-15-21(19,20)8-3-4-10(13)9(6-8)12(17)18/h3-4,6,15H,2,5,7H2,1H3,(H,14,16)(H,17,18). The lowest BCUT2D eigenvalue weighted by molar-refractivity contribution is -0.119. The highest BCUT2D eigenvalue weighted by Gasteiger charge is 2.19. The number of hydrogen-bond donors (Lipinski definition) is 3. The van der Waals surface area contributed by atoms with Gasteiger partial charge in [0.05, 0.1) is 22.0 Å². The topological polar surface area (TPSA) is 113 Å². The second kappa shape index (κ2) is 7.39. The van der Waals surface area contributed by atoms with Gasteiger partial charge in [-0.25, -0.2) is 17.9 Å². The molecule has 0 aromatic heterocycles. The summed E-state index contributed by atoms with van der Waals surface area (Å²) in [5.41, 5.74) is -0.324. The zero-order valence-corrected chi connectivity index (χ0v) is 12.8. The molecule has 0 radical (unpaired) electrons. The van der Waals surface area contributed by atoms with Crippen molar-refractivity contribution in [2.24, 2.45) is 0 Å². The molecule has 3 N–H and O–H groups in total. The first kappa shape index (κ1) is 17.4. The minimum Gasteiger partial charge on any atom is -0.478 e. The quantitative estimate of drug-likeness (QED) is 0.684. The van der Waals surface area contributed by atoms with Gasteiger partial charge in [0, 0.05) is 6.54 Å². The number of sulfonamides is 1. The zero-order chi connectivity index (χ0) is 16.0. The third kappa shape index (κ3) is 5.00. The van der Waals surface area contributed by atoms with E-state index in [1.165, 1.54) is 12.1 Å². The average Bonchev–Trinajstić information content (AvgIpc) is 2.42. The van der Waals surface area contributed by atoms with E-state index in [1.54, 1.807) is 0 Å². The highest BCUT2D eigenvalue weighted by Crippen LogP contribution is 2.20. The number of aromatic carboxylic acids is 1. The predicted molar refractivity (Wildman–Crippen MR) is 76.9 cm³/mol. The average molecular weight is 335 g/mol. The van der Waals surface area contributed by atoms with Crippen molar-refractivity contribution in [3.8, 4) is 0 Å². The fourth-order valence-corrected chi connectivity index (χ4v) is 2.61. The van der Waals surface area contributed by atoms with Crippen LogP contribution in [0.3, 0.4) is 0 Å². The number of halogens is 1. The number of carbonyl (C=O) groups is 2.